The minimum Gasteiger partial charge on any atom is -0.378 e. The van der Waals surface area contributed by atoms with Crippen LogP contribution in [0, 0.1) is 0 Å². The predicted octanol–water partition coefficient (Wildman–Crippen LogP) is 1.91. The Morgan fingerprint density at radius 3 is 0.909 bits per heavy atom. The van der Waals surface area contributed by atoms with Crippen LogP contribution in [0.2, 0.25) is 0 Å². The monoisotopic (exact) mass is 618 g/mol. The van der Waals surface area contributed by atoms with E-state index in [4.69, 9.17) is 47.9 Å². The third-order valence-electron chi connectivity index (χ3n) is 7.16. The van der Waals surface area contributed by atoms with Crippen molar-refractivity contribution in [2.45, 2.75) is 13.1 Å². The number of rotatable bonds is 5. The Labute approximate surface area is 261 Å². The van der Waals surface area contributed by atoms with Crippen LogP contribution < -0.4 is 0 Å². The second-order valence-electron chi connectivity index (χ2n) is 10.6. The summed E-state index contributed by atoms with van der Waals surface area (Å²) >= 11 is 0. The molecular weight excluding hydrogens is 568 g/mol. The first kappa shape index (κ1) is 34.8. The van der Waals surface area contributed by atoms with Crippen molar-refractivity contribution in [1.29, 1.82) is 0 Å². The lowest BCUT2D eigenvalue weighted by Crippen LogP contribution is -2.31. The van der Waals surface area contributed by atoms with Gasteiger partial charge in [0.25, 0.3) is 0 Å². The van der Waals surface area contributed by atoms with Crippen LogP contribution in [0.4, 0.5) is 0 Å². The van der Waals surface area contributed by atoms with Crippen molar-refractivity contribution in [3.05, 3.63) is 47.8 Å². The summed E-state index contributed by atoms with van der Waals surface area (Å²) in [6, 6.07) is 8.32. The van der Waals surface area contributed by atoms with E-state index in [9.17, 15) is 0 Å². The number of hydrogen-bond acceptors (Lipinski definition) is 12. The van der Waals surface area contributed by atoms with E-state index in [0.717, 1.165) is 61.8 Å². The van der Waals surface area contributed by atoms with Gasteiger partial charge in [0.05, 0.1) is 117 Å². The van der Waals surface area contributed by atoms with Gasteiger partial charge in [0, 0.05) is 51.7 Å². The average molecular weight is 619 g/mol. The Bertz CT molecular complexity index is 874. The number of hydrogen-bond donors (Lipinski definition) is 0. The van der Waals surface area contributed by atoms with Crippen LogP contribution in [0.5, 0.6) is 0 Å². The van der Waals surface area contributed by atoms with Crippen molar-refractivity contribution in [2.75, 3.05) is 132 Å². The molecule has 12 heteroatoms. The second-order valence-corrected chi connectivity index (χ2v) is 10.6. The SMILES string of the molecule is c1cc(-c2ccc(CN3CCOCCOCCOCCOCC3)cn2)ncc1CN1CCOCCOCCOCCOCC1. The molecular formula is C32H50N4O8. The molecule has 246 valence electrons. The summed E-state index contributed by atoms with van der Waals surface area (Å²) in [5.41, 5.74) is 3.97. The summed E-state index contributed by atoms with van der Waals surface area (Å²) in [6.07, 6.45) is 3.87. The van der Waals surface area contributed by atoms with Crippen LogP contribution in [0.1, 0.15) is 11.1 Å². The lowest BCUT2D eigenvalue weighted by molar-refractivity contribution is 0.00206. The summed E-state index contributed by atoms with van der Waals surface area (Å²) < 4.78 is 45.1. The van der Waals surface area contributed by atoms with Gasteiger partial charge in [-0.05, 0) is 23.3 Å². The van der Waals surface area contributed by atoms with Crippen LogP contribution in [-0.2, 0) is 51.0 Å². The molecule has 0 amide bonds. The maximum Gasteiger partial charge on any atom is 0.0886 e. The number of nitrogens with zero attached hydrogens (tertiary/aromatic N) is 4. The molecule has 12 nitrogen and oxygen atoms in total. The zero-order chi connectivity index (χ0) is 30.3. The number of aromatic nitrogens is 2. The Balaban J connectivity index is 1.26. The summed E-state index contributed by atoms with van der Waals surface area (Å²) in [4.78, 5) is 14.1. The molecule has 4 heterocycles. The molecule has 0 saturated carbocycles. The van der Waals surface area contributed by atoms with Crippen LogP contribution in [0.15, 0.2) is 36.7 Å². The Hall–Kier alpha value is -2.10. The molecule has 0 bridgehead atoms. The van der Waals surface area contributed by atoms with Gasteiger partial charge in [-0.3, -0.25) is 19.8 Å². The topological polar surface area (TPSA) is 106 Å². The Morgan fingerprint density at radius 2 is 0.659 bits per heavy atom. The highest BCUT2D eigenvalue weighted by Gasteiger charge is 2.11. The van der Waals surface area contributed by atoms with E-state index in [-0.39, 0.29) is 0 Å². The van der Waals surface area contributed by atoms with Gasteiger partial charge in [0.2, 0.25) is 0 Å². The third kappa shape index (κ3) is 14.8. The van der Waals surface area contributed by atoms with Crippen LogP contribution in [0.3, 0.4) is 0 Å². The molecule has 0 atom stereocenters. The molecule has 0 N–H and O–H groups in total. The van der Waals surface area contributed by atoms with Crippen molar-refractivity contribution >= 4 is 0 Å². The molecule has 2 aromatic heterocycles. The zero-order valence-electron chi connectivity index (χ0n) is 26.1. The molecule has 2 aromatic rings. The maximum absolute atomic E-state index is 5.76. The molecule has 0 unspecified atom stereocenters. The van der Waals surface area contributed by atoms with Crippen LogP contribution in [-0.4, -0.2) is 152 Å². The van der Waals surface area contributed by atoms with Crippen LogP contribution >= 0.6 is 0 Å². The van der Waals surface area contributed by atoms with Crippen molar-refractivity contribution in [1.82, 2.24) is 19.8 Å². The molecule has 0 spiro atoms. The smallest absolute Gasteiger partial charge is 0.0886 e. The quantitative estimate of drug-likeness (QED) is 0.489. The van der Waals surface area contributed by atoms with E-state index in [0.29, 0.717) is 106 Å². The summed E-state index contributed by atoms with van der Waals surface area (Å²) in [6.45, 7) is 14.3. The molecule has 2 saturated heterocycles. The van der Waals surface area contributed by atoms with Crippen molar-refractivity contribution < 1.29 is 37.9 Å². The number of ether oxygens (including phenoxy) is 8. The fourth-order valence-corrected chi connectivity index (χ4v) is 4.69. The fourth-order valence-electron chi connectivity index (χ4n) is 4.69. The first-order chi connectivity index (χ1) is 21.9. The van der Waals surface area contributed by atoms with E-state index in [2.05, 4.69) is 21.9 Å². The average Bonchev–Trinajstić information content (AvgIpc) is 3.06. The lowest BCUT2D eigenvalue weighted by atomic mass is 10.1. The second kappa shape index (κ2) is 22.4. The van der Waals surface area contributed by atoms with Crippen molar-refractivity contribution in [3.63, 3.8) is 0 Å². The van der Waals surface area contributed by atoms with E-state index in [1.54, 1.807) is 0 Å². The molecule has 0 aliphatic carbocycles. The van der Waals surface area contributed by atoms with Gasteiger partial charge >= 0.3 is 0 Å². The van der Waals surface area contributed by atoms with E-state index >= 15 is 0 Å². The molecule has 0 aromatic carbocycles. The minimum absolute atomic E-state index is 0.578. The van der Waals surface area contributed by atoms with Crippen LogP contribution in [0.25, 0.3) is 11.4 Å². The Morgan fingerprint density at radius 1 is 0.386 bits per heavy atom. The summed E-state index contributed by atoms with van der Waals surface area (Å²) in [7, 11) is 0. The molecule has 2 aliphatic rings. The zero-order valence-corrected chi connectivity index (χ0v) is 26.1. The van der Waals surface area contributed by atoms with Crippen molar-refractivity contribution in [3.8, 4) is 11.4 Å². The summed E-state index contributed by atoms with van der Waals surface area (Å²) in [5.74, 6) is 0. The van der Waals surface area contributed by atoms with Gasteiger partial charge < -0.3 is 37.9 Å². The normalized spacial score (nSPS) is 21.4. The van der Waals surface area contributed by atoms with E-state index in [1.165, 1.54) is 0 Å². The summed E-state index contributed by atoms with van der Waals surface area (Å²) in [5, 5.41) is 0. The molecule has 2 fully saturated rings. The highest BCUT2D eigenvalue weighted by Crippen LogP contribution is 2.16. The molecule has 0 radical (unpaired) electrons. The van der Waals surface area contributed by atoms with Gasteiger partial charge in [-0.2, -0.15) is 0 Å². The van der Waals surface area contributed by atoms with E-state index < -0.39 is 0 Å². The Kier molecular flexibility index (Phi) is 17.7. The van der Waals surface area contributed by atoms with Gasteiger partial charge in [0.1, 0.15) is 0 Å². The lowest BCUT2D eigenvalue weighted by Gasteiger charge is -2.22. The highest BCUT2D eigenvalue weighted by atomic mass is 16.6. The first-order valence-corrected chi connectivity index (χ1v) is 15.8. The molecule has 2 aliphatic heterocycles. The van der Waals surface area contributed by atoms with Gasteiger partial charge in [-0.25, -0.2) is 0 Å². The third-order valence-corrected chi connectivity index (χ3v) is 7.16. The fraction of sp³-hybridized carbons (Fsp3) is 0.688. The first-order valence-electron chi connectivity index (χ1n) is 15.8. The minimum atomic E-state index is 0.578. The van der Waals surface area contributed by atoms with E-state index in [1.807, 2.05) is 24.5 Å². The van der Waals surface area contributed by atoms with Crippen molar-refractivity contribution in [2.24, 2.45) is 0 Å². The molecule has 44 heavy (non-hydrogen) atoms. The van der Waals surface area contributed by atoms with Gasteiger partial charge in [-0.15, -0.1) is 0 Å². The predicted molar refractivity (Wildman–Crippen MR) is 165 cm³/mol. The highest BCUT2D eigenvalue weighted by molar-refractivity contribution is 5.54. The maximum atomic E-state index is 5.76. The number of pyridine rings is 2. The van der Waals surface area contributed by atoms with Gasteiger partial charge in [-0.1, -0.05) is 12.1 Å². The van der Waals surface area contributed by atoms with Gasteiger partial charge in [0.15, 0.2) is 0 Å². The molecule has 4 rings (SSSR count). The largest absolute Gasteiger partial charge is 0.378 e. The standard InChI is InChI=1S/C32H50N4O8/c1-3-31(33-25-29(1)27-35-5-9-37-13-17-41-21-22-42-18-14-38-10-6-35)32-4-2-30(26-34-32)28-36-7-11-39-15-19-43-23-24-44-20-16-40-12-8-36/h1-4,25-26H,5-24,27-28H2.